The maximum atomic E-state index is 2.31. The molecule has 0 heteroatoms. The first-order valence-electron chi connectivity index (χ1n) is 7.18. The Morgan fingerprint density at radius 3 is 1.40 bits per heavy atom. The van der Waals surface area contributed by atoms with E-state index in [-0.39, 0.29) is 0 Å². The van der Waals surface area contributed by atoms with Crippen molar-refractivity contribution in [1.29, 1.82) is 0 Å². The molecule has 0 aromatic carbocycles. The average Bonchev–Trinajstić information content (AvgIpc) is 2.19. The van der Waals surface area contributed by atoms with Crippen LogP contribution in [0.1, 0.15) is 92.4 Å². The van der Waals surface area contributed by atoms with Gasteiger partial charge in [0.05, 0.1) is 0 Å². The Hall–Kier alpha value is 0. The SMILES string of the molecule is CCCCC.CCCCCCCC(C)C. The second-order valence-corrected chi connectivity index (χ2v) is 4.95. The Balaban J connectivity index is 0. The van der Waals surface area contributed by atoms with E-state index in [0.717, 1.165) is 5.92 Å². The molecule has 0 aromatic rings. The molecular formula is C15H34. The van der Waals surface area contributed by atoms with Gasteiger partial charge >= 0.3 is 0 Å². The third-order valence-electron chi connectivity index (χ3n) is 2.59. The Morgan fingerprint density at radius 1 is 0.600 bits per heavy atom. The predicted octanol–water partition coefficient (Wildman–Crippen LogP) is 6.20. The lowest BCUT2D eigenvalue weighted by molar-refractivity contribution is 0.518. The van der Waals surface area contributed by atoms with Crippen LogP contribution in [0.25, 0.3) is 0 Å². The van der Waals surface area contributed by atoms with E-state index in [9.17, 15) is 0 Å². The summed E-state index contributed by atoms with van der Waals surface area (Å²) in [5, 5.41) is 0. The second kappa shape index (κ2) is 16.4. The molecule has 0 heterocycles. The zero-order valence-electron chi connectivity index (χ0n) is 11.9. The van der Waals surface area contributed by atoms with Gasteiger partial charge in [0.1, 0.15) is 0 Å². The van der Waals surface area contributed by atoms with Gasteiger partial charge in [0.25, 0.3) is 0 Å². The van der Waals surface area contributed by atoms with Gasteiger partial charge in [-0.25, -0.2) is 0 Å². The van der Waals surface area contributed by atoms with E-state index in [4.69, 9.17) is 0 Å². The summed E-state index contributed by atoms with van der Waals surface area (Å²) in [6, 6.07) is 0. The average molecular weight is 214 g/mol. The Labute approximate surface area is 98.9 Å². The first-order chi connectivity index (χ1) is 7.18. The van der Waals surface area contributed by atoms with Gasteiger partial charge in [-0.15, -0.1) is 0 Å². The van der Waals surface area contributed by atoms with Crippen LogP contribution in [0.15, 0.2) is 0 Å². The standard InChI is InChI=1S/C10H22.C5H12/c1-4-5-6-7-8-9-10(2)3;1-3-5-4-2/h10H,4-9H2,1-3H3;3-5H2,1-2H3. The van der Waals surface area contributed by atoms with Gasteiger partial charge in [-0.1, -0.05) is 92.4 Å². The molecule has 0 spiro atoms. The van der Waals surface area contributed by atoms with Crippen LogP contribution in [-0.2, 0) is 0 Å². The van der Waals surface area contributed by atoms with Crippen LogP contribution in [0.4, 0.5) is 0 Å². The lowest BCUT2D eigenvalue weighted by Crippen LogP contribution is -1.86. The fourth-order valence-electron chi connectivity index (χ4n) is 1.51. The van der Waals surface area contributed by atoms with Crippen LogP contribution in [0.5, 0.6) is 0 Å². The minimum Gasteiger partial charge on any atom is -0.0654 e. The lowest BCUT2D eigenvalue weighted by Gasteiger charge is -2.02. The monoisotopic (exact) mass is 214 g/mol. The van der Waals surface area contributed by atoms with Crippen LogP contribution >= 0.6 is 0 Å². The second-order valence-electron chi connectivity index (χ2n) is 4.95. The molecule has 0 saturated heterocycles. The van der Waals surface area contributed by atoms with E-state index in [2.05, 4.69) is 34.6 Å². The van der Waals surface area contributed by atoms with E-state index in [1.807, 2.05) is 0 Å². The molecule has 0 aliphatic rings. The molecular weight excluding hydrogens is 180 g/mol. The number of hydrogen-bond donors (Lipinski definition) is 0. The summed E-state index contributed by atoms with van der Waals surface area (Å²) >= 11 is 0. The highest BCUT2D eigenvalue weighted by Crippen LogP contribution is 2.09. The maximum absolute atomic E-state index is 2.31. The van der Waals surface area contributed by atoms with Gasteiger partial charge in [-0.3, -0.25) is 0 Å². The van der Waals surface area contributed by atoms with Crippen molar-refractivity contribution in [3.05, 3.63) is 0 Å². The largest absolute Gasteiger partial charge is 0.0654 e. The molecule has 0 fully saturated rings. The summed E-state index contributed by atoms with van der Waals surface area (Å²) in [6.45, 7) is 11.3. The van der Waals surface area contributed by atoms with Crippen molar-refractivity contribution in [2.24, 2.45) is 5.92 Å². The van der Waals surface area contributed by atoms with Crippen molar-refractivity contribution in [3.63, 3.8) is 0 Å². The molecule has 0 aliphatic heterocycles. The van der Waals surface area contributed by atoms with Gasteiger partial charge in [0.2, 0.25) is 0 Å². The van der Waals surface area contributed by atoms with Crippen LogP contribution < -0.4 is 0 Å². The highest BCUT2D eigenvalue weighted by molar-refractivity contribution is 4.46. The van der Waals surface area contributed by atoms with Crippen LogP contribution in [0.3, 0.4) is 0 Å². The minimum atomic E-state index is 0.904. The van der Waals surface area contributed by atoms with Crippen molar-refractivity contribution in [2.45, 2.75) is 92.4 Å². The maximum Gasteiger partial charge on any atom is -0.0471 e. The van der Waals surface area contributed by atoms with Gasteiger partial charge in [0.15, 0.2) is 0 Å². The highest BCUT2D eigenvalue weighted by Gasteiger charge is 1.92. The summed E-state index contributed by atoms with van der Waals surface area (Å²) in [6.07, 6.45) is 12.6. The molecule has 0 aromatic heterocycles. The smallest absolute Gasteiger partial charge is 0.0471 e. The zero-order valence-corrected chi connectivity index (χ0v) is 11.9. The van der Waals surface area contributed by atoms with Crippen LogP contribution in [0, 0.1) is 5.92 Å². The summed E-state index contributed by atoms with van der Waals surface area (Å²) < 4.78 is 0. The number of rotatable bonds is 8. The molecule has 0 nitrogen and oxygen atoms in total. The molecule has 0 radical (unpaired) electrons. The third kappa shape index (κ3) is 24.9. The van der Waals surface area contributed by atoms with E-state index < -0.39 is 0 Å². The fraction of sp³-hybridized carbons (Fsp3) is 1.00. The quantitative estimate of drug-likeness (QED) is 0.422. The summed E-state index contributed by atoms with van der Waals surface area (Å²) in [5.41, 5.74) is 0. The van der Waals surface area contributed by atoms with Crippen molar-refractivity contribution >= 4 is 0 Å². The molecule has 0 bridgehead atoms. The molecule has 15 heavy (non-hydrogen) atoms. The van der Waals surface area contributed by atoms with Gasteiger partial charge in [-0.05, 0) is 5.92 Å². The molecule has 0 unspecified atom stereocenters. The topological polar surface area (TPSA) is 0 Å². The van der Waals surface area contributed by atoms with Gasteiger partial charge in [0, 0.05) is 0 Å². The first kappa shape index (κ1) is 17.4. The molecule has 0 aliphatic carbocycles. The summed E-state index contributed by atoms with van der Waals surface area (Å²) in [5.74, 6) is 0.904. The Morgan fingerprint density at radius 2 is 1.07 bits per heavy atom. The van der Waals surface area contributed by atoms with E-state index in [1.54, 1.807) is 0 Å². The van der Waals surface area contributed by atoms with Crippen LogP contribution in [-0.4, -0.2) is 0 Å². The molecule has 0 atom stereocenters. The minimum absolute atomic E-state index is 0.904. The summed E-state index contributed by atoms with van der Waals surface area (Å²) in [4.78, 5) is 0. The number of hydrogen-bond acceptors (Lipinski definition) is 0. The Kier molecular flexibility index (Phi) is 19.1. The molecule has 94 valence electrons. The molecule has 0 rings (SSSR count). The lowest BCUT2D eigenvalue weighted by atomic mass is 10.0. The third-order valence-corrected chi connectivity index (χ3v) is 2.59. The van der Waals surface area contributed by atoms with Gasteiger partial charge in [-0.2, -0.15) is 0 Å². The van der Waals surface area contributed by atoms with Crippen molar-refractivity contribution in [1.82, 2.24) is 0 Å². The van der Waals surface area contributed by atoms with Crippen molar-refractivity contribution < 1.29 is 0 Å². The van der Waals surface area contributed by atoms with Crippen LogP contribution in [0.2, 0.25) is 0 Å². The molecule has 0 amide bonds. The highest BCUT2D eigenvalue weighted by atomic mass is 14.0. The van der Waals surface area contributed by atoms with E-state index >= 15 is 0 Å². The van der Waals surface area contributed by atoms with E-state index in [0.29, 0.717) is 0 Å². The normalized spacial score (nSPS) is 10.0. The van der Waals surface area contributed by atoms with Crippen molar-refractivity contribution in [3.8, 4) is 0 Å². The first-order valence-corrected chi connectivity index (χ1v) is 7.18. The number of unbranched alkanes of at least 4 members (excludes halogenated alkanes) is 6. The molecule has 0 saturated carbocycles. The molecule has 0 N–H and O–H groups in total. The summed E-state index contributed by atoms with van der Waals surface area (Å²) in [7, 11) is 0. The van der Waals surface area contributed by atoms with Crippen molar-refractivity contribution in [2.75, 3.05) is 0 Å². The van der Waals surface area contributed by atoms with E-state index in [1.165, 1.54) is 57.8 Å². The van der Waals surface area contributed by atoms with Gasteiger partial charge < -0.3 is 0 Å². The zero-order chi connectivity index (χ0) is 11.9. The predicted molar refractivity (Wildman–Crippen MR) is 73.4 cm³/mol. The fourth-order valence-corrected chi connectivity index (χ4v) is 1.51. The Bertz CT molecular complexity index is 82.0.